The van der Waals surface area contributed by atoms with Crippen molar-refractivity contribution in [3.63, 3.8) is 0 Å². The highest BCUT2D eigenvalue weighted by atomic mass is 32.1. The molecule has 5 aromatic rings. The van der Waals surface area contributed by atoms with Crippen LogP contribution in [-0.2, 0) is 6.42 Å². The van der Waals surface area contributed by atoms with Crippen LogP contribution >= 0.6 is 11.3 Å². The van der Waals surface area contributed by atoms with E-state index in [0.29, 0.717) is 59.6 Å². The van der Waals surface area contributed by atoms with Gasteiger partial charge in [-0.2, -0.15) is 4.98 Å². The number of halogens is 1. The molecule has 0 unspecified atom stereocenters. The first kappa shape index (κ1) is 28.8. The van der Waals surface area contributed by atoms with Gasteiger partial charge in [0.2, 0.25) is 5.89 Å². The number of pyridine rings is 1. The molecule has 7 rings (SSSR count). The molecule has 2 aromatic carbocycles. The van der Waals surface area contributed by atoms with Gasteiger partial charge in [-0.05, 0) is 61.7 Å². The second-order valence-corrected chi connectivity index (χ2v) is 12.2. The van der Waals surface area contributed by atoms with Gasteiger partial charge in [0.05, 0.1) is 22.4 Å². The number of thiophene rings is 1. The van der Waals surface area contributed by atoms with Crippen molar-refractivity contribution in [2.24, 2.45) is 0 Å². The Hall–Kier alpha value is -4.94. The first-order valence-electron chi connectivity index (χ1n) is 14.6. The van der Waals surface area contributed by atoms with Crippen LogP contribution < -0.4 is 15.1 Å². The zero-order valence-electron chi connectivity index (χ0n) is 24.5. The number of carbonyl (C=O) groups is 2. The highest BCUT2D eigenvalue weighted by Gasteiger charge is 2.37. The number of aliphatic hydroxyl groups excluding tert-OH is 1. The van der Waals surface area contributed by atoms with Gasteiger partial charge in [0, 0.05) is 30.0 Å². The molecule has 5 heterocycles. The number of para-hydroxylation sites is 2. The van der Waals surface area contributed by atoms with Crippen LogP contribution in [0.4, 0.5) is 21.6 Å². The zero-order chi connectivity index (χ0) is 31.2. The lowest BCUT2D eigenvalue weighted by atomic mass is 10.1. The Morgan fingerprint density at radius 2 is 1.89 bits per heavy atom. The molecule has 12 heteroatoms. The Balaban J connectivity index is 1.17. The van der Waals surface area contributed by atoms with Crippen molar-refractivity contribution in [2.75, 3.05) is 28.2 Å². The first-order chi connectivity index (χ1) is 21.8. The van der Waals surface area contributed by atoms with E-state index in [1.54, 1.807) is 49.1 Å². The molecule has 45 heavy (non-hydrogen) atoms. The second kappa shape index (κ2) is 11.5. The number of aromatic nitrogens is 3. The predicted molar refractivity (Wildman–Crippen MR) is 168 cm³/mol. The number of rotatable bonds is 5. The lowest BCUT2D eigenvalue weighted by Gasteiger charge is -2.25. The van der Waals surface area contributed by atoms with Crippen LogP contribution in [-0.4, -0.2) is 51.2 Å². The number of β-amino-alcohol motifs (C(OH)–C–C–N with tert-alkyl or cyclic N) is 1. The van der Waals surface area contributed by atoms with Crippen LogP contribution in [0.2, 0.25) is 0 Å². The lowest BCUT2D eigenvalue weighted by molar-refractivity contribution is 0.0981. The molecule has 0 saturated carbocycles. The van der Waals surface area contributed by atoms with Crippen LogP contribution in [0.15, 0.2) is 71.3 Å². The minimum atomic E-state index is -0.609. The number of aliphatic hydroxyl groups is 1. The molecule has 1 fully saturated rings. The first-order valence-corrected chi connectivity index (χ1v) is 15.4. The summed E-state index contributed by atoms with van der Waals surface area (Å²) in [6, 6.07) is 19.0. The number of hydrogen-bond acceptors (Lipinski definition) is 9. The molecule has 0 spiro atoms. The summed E-state index contributed by atoms with van der Waals surface area (Å²) in [6.45, 7) is 4.16. The topological polar surface area (TPSA) is 125 Å². The summed E-state index contributed by atoms with van der Waals surface area (Å²) in [5.41, 5.74) is 3.54. The van der Waals surface area contributed by atoms with E-state index in [4.69, 9.17) is 9.51 Å². The van der Waals surface area contributed by atoms with Crippen LogP contribution in [0.25, 0.3) is 10.4 Å². The largest absolute Gasteiger partial charge is 0.391 e. The molecule has 10 nitrogen and oxygen atoms in total. The Bertz CT molecular complexity index is 1920. The van der Waals surface area contributed by atoms with Crippen molar-refractivity contribution in [3.8, 4) is 10.4 Å². The molecule has 0 radical (unpaired) electrons. The van der Waals surface area contributed by atoms with Crippen molar-refractivity contribution < 1.29 is 23.6 Å². The van der Waals surface area contributed by atoms with Crippen molar-refractivity contribution in [1.29, 1.82) is 0 Å². The van der Waals surface area contributed by atoms with Crippen LogP contribution in [0.5, 0.6) is 0 Å². The SMILES string of the molecule is Cc1noc([C@H]2C[C@@H](O)CN2c2cccc(C(=O)N3CCc4cc(C(=O)Nc5c(C)cccc5F)sc4-c4ccccc43)n2)n1. The predicted octanol–water partition coefficient (Wildman–Crippen LogP) is 5.72. The van der Waals surface area contributed by atoms with Crippen molar-refractivity contribution >= 4 is 40.3 Å². The van der Waals surface area contributed by atoms with Gasteiger partial charge in [0.1, 0.15) is 23.4 Å². The van der Waals surface area contributed by atoms with Crippen molar-refractivity contribution in [1.82, 2.24) is 15.1 Å². The van der Waals surface area contributed by atoms with Gasteiger partial charge in [-0.15, -0.1) is 11.3 Å². The fourth-order valence-corrected chi connectivity index (χ4v) is 7.11. The number of fused-ring (bicyclic) bond motifs is 3. The Kier molecular flexibility index (Phi) is 7.38. The van der Waals surface area contributed by atoms with Crippen LogP contribution in [0, 0.1) is 19.7 Å². The average molecular weight is 625 g/mol. The molecule has 2 aliphatic heterocycles. The van der Waals surface area contributed by atoms with Crippen molar-refractivity contribution in [2.45, 2.75) is 38.8 Å². The van der Waals surface area contributed by atoms with Gasteiger partial charge >= 0.3 is 0 Å². The number of benzene rings is 2. The summed E-state index contributed by atoms with van der Waals surface area (Å²) in [5, 5.41) is 17.1. The van der Waals surface area contributed by atoms with E-state index in [2.05, 4.69) is 15.5 Å². The van der Waals surface area contributed by atoms with Gasteiger partial charge in [-0.25, -0.2) is 9.37 Å². The van der Waals surface area contributed by atoms with E-state index >= 15 is 0 Å². The lowest BCUT2D eigenvalue weighted by Crippen LogP contribution is -2.33. The molecular weight excluding hydrogens is 595 g/mol. The van der Waals surface area contributed by atoms with Gasteiger partial charge in [0.25, 0.3) is 11.8 Å². The zero-order valence-corrected chi connectivity index (χ0v) is 25.3. The molecule has 0 aliphatic carbocycles. The summed E-state index contributed by atoms with van der Waals surface area (Å²) in [5.74, 6) is 0.295. The number of hydrogen-bond donors (Lipinski definition) is 2. The Labute approximate surface area is 262 Å². The summed E-state index contributed by atoms with van der Waals surface area (Å²) >= 11 is 1.32. The van der Waals surface area contributed by atoms with E-state index in [1.165, 1.54) is 17.4 Å². The smallest absolute Gasteiger partial charge is 0.276 e. The third-order valence-electron chi connectivity index (χ3n) is 8.14. The van der Waals surface area contributed by atoms with Gasteiger partial charge < -0.3 is 24.7 Å². The standard InChI is InChI=1S/C33H29FN6O4S/c1-18-7-5-9-23(34)29(18)37-31(42)27-15-20-13-14-39(25-11-4-3-8-22(25)30(20)45-27)33(43)24-10-6-12-28(36-24)40-17-21(41)16-26(40)32-35-19(2)38-44-32/h3-12,15,21,26,41H,13-14,16-17H2,1-2H3,(H,37,42)/t21-,26-/m1/s1. The number of amides is 2. The van der Waals surface area contributed by atoms with E-state index in [-0.39, 0.29) is 29.2 Å². The molecule has 2 aliphatic rings. The molecule has 1 saturated heterocycles. The molecule has 2 amide bonds. The number of carbonyl (C=O) groups excluding carboxylic acids is 2. The number of nitrogens with zero attached hydrogens (tertiary/aromatic N) is 5. The minimum absolute atomic E-state index is 0.167. The fraction of sp³-hybridized carbons (Fsp3) is 0.242. The van der Waals surface area contributed by atoms with Crippen LogP contribution in [0.1, 0.15) is 55.5 Å². The summed E-state index contributed by atoms with van der Waals surface area (Å²) < 4.78 is 19.8. The Morgan fingerprint density at radius 1 is 1.07 bits per heavy atom. The molecule has 2 N–H and O–H groups in total. The molecule has 228 valence electrons. The minimum Gasteiger partial charge on any atom is -0.391 e. The highest BCUT2D eigenvalue weighted by molar-refractivity contribution is 7.17. The van der Waals surface area contributed by atoms with Gasteiger partial charge in [-0.3, -0.25) is 9.59 Å². The maximum absolute atomic E-state index is 14.4. The number of anilines is 3. The monoisotopic (exact) mass is 624 g/mol. The average Bonchev–Trinajstić information content (AvgIpc) is 3.75. The quantitative estimate of drug-likeness (QED) is 0.255. The van der Waals surface area contributed by atoms with E-state index in [0.717, 1.165) is 16.0 Å². The summed E-state index contributed by atoms with van der Waals surface area (Å²) in [6.07, 6.45) is 0.306. The normalized spacial score (nSPS) is 17.5. The third-order valence-corrected chi connectivity index (χ3v) is 9.35. The molecule has 0 bridgehead atoms. The third kappa shape index (κ3) is 5.36. The molecule has 2 atom stereocenters. The number of aryl methyl sites for hydroxylation is 2. The summed E-state index contributed by atoms with van der Waals surface area (Å²) in [7, 11) is 0. The van der Waals surface area contributed by atoms with E-state index in [9.17, 15) is 19.1 Å². The van der Waals surface area contributed by atoms with Gasteiger partial charge in [-0.1, -0.05) is 41.6 Å². The van der Waals surface area contributed by atoms with E-state index < -0.39 is 11.9 Å². The summed E-state index contributed by atoms with van der Waals surface area (Å²) in [4.78, 5) is 41.3. The maximum atomic E-state index is 14.4. The second-order valence-electron chi connectivity index (χ2n) is 11.2. The highest BCUT2D eigenvalue weighted by Crippen LogP contribution is 2.42. The fourth-order valence-electron chi connectivity index (χ4n) is 5.97. The maximum Gasteiger partial charge on any atom is 0.276 e. The Morgan fingerprint density at radius 3 is 2.69 bits per heavy atom. The molecular formula is C33H29FN6O4S. The number of nitrogens with one attached hydrogen (secondary N) is 1. The van der Waals surface area contributed by atoms with E-state index in [1.807, 2.05) is 35.2 Å². The molecule has 3 aromatic heterocycles. The van der Waals surface area contributed by atoms with Crippen LogP contribution in [0.3, 0.4) is 0 Å². The van der Waals surface area contributed by atoms with Gasteiger partial charge in [0.15, 0.2) is 5.82 Å². The van der Waals surface area contributed by atoms with Crippen molar-refractivity contribution in [3.05, 3.63) is 106 Å².